The maximum absolute atomic E-state index is 11.9. The highest BCUT2D eigenvalue weighted by atomic mass is 16.1. The molecule has 0 aliphatic carbocycles. The Kier molecular flexibility index (Phi) is 7.44. The fourth-order valence-corrected chi connectivity index (χ4v) is 2.24. The fraction of sp³-hybridized carbons (Fsp3) is 0.611. The molecule has 118 valence electrons. The SMILES string of the molecule is CCCCCCCC(=O)Nc1ccc(C(C)(C)CN)cc1. The molecule has 3 heteroatoms. The van der Waals surface area contributed by atoms with Crippen molar-refractivity contribution in [3.8, 4) is 0 Å². The van der Waals surface area contributed by atoms with Crippen molar-refractivity contribution in [3.63, 3.8) is 0 Å². The van der Waals surface area contributed by atoms with Crippen LogP contribution in [0.25, 0.3) is 0 Å². The van der Waals surface area contributed by atoms with Crippen LogP contribution in [0.3, 0.4) is 0 Å². The van der Waals surface area contributed by atoms with E-state index < -0.39 is 0 Å². The molecule has 0 aromatic heterocycles. The standard InChI is InChI=1S/C18H30N2O/c1-4-5-6-7-8-9-17(21)20-16-12-10-15(11-13-16)18(2,3)14-19/h10-13H,4-9,14,19H2,1-3H3,(H,20,21). The lowest BCUT2D eigenvalue weighted by atomic mass is 9.85. The number of nitrogens with one attached hydrogen (secondary N) is 1. The summed E-state index contributed by atoms with van der Waals surface area (Å²) in [5, 5.41) is 2.96. The van der Waals surface area contributed by atoms with Crippen LogP contribution in [0, 0.1) is 0 Å². The highest BCUT2D eigenvalue weighted by molar-refractivity contribution is 5.90. The summed E-state index contributed by atoms with van der Waals surface area (Å²) in [5.74, 6) is 0.109. The third-order valence-electron chi connectivity index (χ3n) is 3.97. The molecule has 0 aliphatic heterocycles. The molecule has 0 unspecified atom stereocenters. The second-order valence-corrected chi connectivity index (χ2v) is 6.38. The van der Waals surface area contributed by atoms with E-state index in [1.807, 2.05) is 24.3 Å². The van der Waals surface area contributed by atoms with Gasteiger partial charge in [0.2, 0.25) is 5.91 Å². The van der Waals surface area contributed by atoms with Crippen LogP contribution in [0.4, 0.5) is 5.69 Å². The van der Waals surface area contributed by atoms with E-state index in [9.17, 15) is 4.79 Å². The van der Waals surface area contributed by atoms with Crippen molar-refractivity contribution in [2.24, 2.45) is 5.73 Å². The Morgan fingerprint density at radius 2 is 1.71 bits per heavy atom. The van der Waals surface area contributed by atoms with Crippen molar-refractivity contribution in [1.82, 2.24) is 0 Å². The monoisotopic (exact) mass is 290 g/mol. The van der Waals surface area contributed by atoms with Gasteiger partial charge in [0, 0.05) is 24.1 Å². The van der Waals surface area contributed by atoms with Gasteiger partial charge >= 0.3 is 0 Å². The highest BCUT2D eigenvalue weighted by Gasteiger charge is 2.17. The predicted molar refractivity (Wildman–Crippen MR) is 90.5 cm³/mol. The second-order valence-electron chi connectivity index (χ2n) is 6.38. The van der Waals surface area contributed by atoms with Crippen molar-refractivity contribution in [2.75, 3.05) is 11.9 Å². The van der Waals surface area contributed by atoms with Crippen molar-refractivity contribution in [2.45, 2.75) is 64.7 Å². The van der Waals surface area contributed by atoms with E-state index >= 15 is 0 Å². The summed E-state index contributed by atoms with van der Waals surface area (Å²) in [6.45, 7) is 7.05. The Morgan fingerprint density at radius 1 is 1.10 bits per heavy atom. The largest absolute Gasteiger partial charge is 0.330 e. The number of anilines is 1. The van der Waals surface area contributed by atoms with Gasteiger partial charge < -0.3 is 11.1 Å². The van der Waals surface area contributed by atoms with E-state index in [4.69, 9.17) is 5.73 Å². The van der Waals surface area contributed by atoms with Crippen LogP contribution in [0.5, 0.6) is 0 Å². The molecular formula is C18H30N2O. The van der Waals surface area contributed by atoms with Gasteiger partial charge in [-0.3, -0.25) is 4.79 Å². The average molecular weight is 290 g/mol. The zero-order valence-corrected chi connectivity index (χ0v) is 13.7. The first-order valence-corrected chi connectivity index (χ1v) is 8.10. The molecule has 0 aliphatic rings. The number of amides is 1. The van der Waals surface area contributed by atoms with E-state index in [2.05, 4.69) is 26.1 Å². The topological polar surface area (TPSA) is 55.1 Å². The van der Waals surface area contributed by atoms with Crippen LogP contribution in [0.15, 0.2) is 24.3 Å². The van der Waals surface area contributed by atoms with Crippen LogP contribution in [0.1, 0.15) is 64.9 Å². The van der Waals surface area contributed by atoms with E-state index in [0.29, 0.717) is 13.0 Å². The summed E-state index contributed by atoms with van der Waals surface area (Å²) < 4.78 is 0. The van der Waals surface area contributed by atoms with Gasteiger partial charge in [0.15, 0.2) is 0 Å². The first kappa shape index (κ1) is 17.7. The smallest absolute Gasteiger partial charge is 0.224 e. The zero-order chi connectivity index (χ0) is 15.7. The molecule has 0 saturated heterocycles. The lowest BCUT2D eigenvalue weighted by molar-refractivity contribution is -0.116. The van der Waals surface area contributed by atoms with E-state index in [1.54, 1.807) is 0 Å². The van der Waals surface area contributed by atoms with Crippen LogP contribution in [-0.2, 0) is 10.2 Å². The molecule has 1 aromatic rings. The molecule has 0 bridgehead atoms. The quantitative estimate of drug-likeness (QED) is 0.669. The van der Waals surface area contributed by atoms with E-state index in [-0.39, 0.29) is 11.3 Å². The van der Waals surface area contributed by atoms with E-state index in [1.165, 1.54) is 24.8 Å². The molecule has 0 saturated carbocycles. The third kappa shape index (κ3) is 6.30. The first-order valence-electron chi connectivity index (χ1n) is 8.10. The lowest BCUT2D eigenvalue weighted by Gasteiger charge is -2.23. The molecule has 1 aromatic carbocycles. The summed E-state index contributed by atoms with van der Waals surface area (Å²) in [5.41, 5.74) is 7.81. The Morgan fingerprint density at radius 3 is 2.29 bits per heavy atom. The van der Waals surface area contributed by atoms with Gasteiger partial charge in [0.25, 0.3) is 0 Å². The zero-order valence-electron chi connectivity index (χ0n) is 13.7. The van der Waals surface area contributed by atoms with Crippen molar-refractivity contribution in [1.29, 1.82) is 0 Å². The summed E-state index contributed by atoms with van der Waals surface area (Å²) in [7, 11) is 0. The summed E-state index contributed by atoms with van der Waals surface area (Å²) >= 11 is 0. The number of benzene rings is 1. The minimum Gasteiger partial charge on any atom is -0.330 e. The third-order valence-corrected chi connectivity index (χ3v) is 3.97. The summed E-state index contributed by atoms with van der Waals surface area (Å²) in [4.78, 5) is 11.9. The molecule has 0 fully saturated rings. The Balaban J connectivity index is 2.40. The molecule has 3 N–H and O–H groups in total. The molecule has 1 rings (SSSR count). The summed E-state index contributed by atoms with van der Waals surface area (Å²) in [6, 6.07) is 8.01. The fourth-order valence-electron chi connectivity index (χ4n) is 2.24. The maximum Gasteiger partial charge on any atom is 0.224 e. The van der Waals surface area contributed by atoms with Crippen molar-refractivity contribution < 1.29 is 4.79 Å². The number of hydrogen-bond acceptors (Lipinski definition) is 2. The van der Waals surface area contributed by atoms with Gasteiger partial charge in [-0.1, -0.05) is 58.6 Å². The highest BCUT2D eigenvalue weighted by Crippen LogP contribution is 2.23. The molecule has 0 radical (unpaired) electrons. The van der Waals surface area contributed by atoms with Gasteiger partial charge in [-0.2, -0.15) is 0 Å². The molecule has 3 nitrogen and oxygen atoms in total. The van der Waals surface area contributed by atoms with E-state index in [0.717, 1.165) is 18.5 Å². The summed E-state index contributed by atoms with van der Waals surface area (Å²) in [6.07, 6.45) is 6.46. The van der Waals surface area contributed by atoms with Gasteiger partial charge in [-0.15, -0.1) is 0 Å². The van der Waals surface area contributed by atoms with Crippen LogP contribution >= 0.6 is 0 Å². The minimum atomic E-state index is -0.0260. The second kappa shape index (κ2) is 8.83. The first-order chi connectivity index (χ1) is 9.99. The van der Waals surface area contributed by atoms with Gasteiger partial charge in [0.1, 0.15) is 0 Å². The van der Waals surface area contributed by atoms with Crippen LogP contribution in [0.2, 0.25) is 0 Å². The normalized spacial score (nSPS) is 11.4. The Hall–Kier alpha value is -1.35. The van der Waals surface area contributed by atoms with Gasteiger partial charge in [0.05, 0.1) is 0 Å². The number of rotatable bonds is 9. The number of carbonyl (C=O) groups excluding carboxylic acids is 1. The lowest BCUT2D eigenvalue weighted by Crippen LogP contribution is -2.27. The molecule has 1 amide bonds. The number of carbonyl (C=O) groups is 1. The number of unbranched alkanes of at least 4 members (excludes halogenated alkanes) is 4. The van der Waals surface area contributed by atoms with Gasteiger partial charge in [-0.05, 0) is 24.1 Å². The number of nitrogens with two attached hydrogens (primary N) is 1. The average Bonchev–Trinajstić information content (AvgIpc) is 2.47. The van der Waals surface area contributed by atoms with Crippen molar-refractivity contribution >= 4 is 11.6 Å². The molecule has 0 spiro atoms. The molecule has 21 heavy (non-hydrogen) atoms. The van der Waals surface area contributed by atoms with Crippen LogP contribution in [-0.4, -0.2) is 12.5 Å². The van der Waals surface area contributed by atoms with Crippen LogP contribution < -0.4 is 11.1 Å². The van der Waals surface area contributed by atoms with Crippen molar-refractivity contribution in [3.05, 3.63) is 29.8 Å². The Bertz CT molecular complexity index is 423. The Labute approximate surface area is 129 Å². The number of hydrogen-bond donors (Lipinski definition) is 2. The minimum absolute atomic E-state index is 0.0260. The molecule has 0 heterocycles. The molecule has 0 atom stereocenters. The molecular weight excluding hydrogens is 260 g/mol. The predicted octanol–water partition coefficient (Wildman–Crippen LogP) is 4.22. The maximum atomic E-state index is 11.9. The van der Waals surface area contributed by atoms with Gasteiger partial charge in [-0.25, -0.2) is 0 Å².